The van der Waals surface area contributed by atoms with E-state index in [9.17, 15) is 4.79 Å². The highest BCUT2D eigenvalue weighted by molar-refractivity contribution is 9.10. The lowest BCUT2D eigenvalue weighted by atomic mass is 10.1. The zero-order valence-corrected chi connectivity index (χ0v) is 13.1. The van der Waals surface area contributed by atoms with E-state index in [0.29, 0.717) is 5.56 Å². The van der Waals surface area contributed by atoms with Crippen LogP contribution in [0.25, 0.3) is 0 Å². The smallest absolute Gasteiger partial charge is 0.265 e. The molecule has 0 radical (unpaired) electrons. The number of hydrogen-bond donors (Lipinski definition) is 2. The first kappa shape index (κ1) is 14.3. The Morgan fingerprint density at radius 3 is 2.43 bits per heavy atom. The molecule has 1 heterocycles. The van der Waals surface area contributed by atoms with Crippen LogP contribution in [0.3, 0.4) is 0 Å². The SMILES string of the molecule is NNC(=O)c1ccc(CN2Cc3ccccc3C2)c(Br)c1. The second-order valence-electron chi connectivity index (χ2n) is 5.19. The van der Waals surface area contributed by atoms with Crippen LogP contribution in [0.15, 0.2) is 46.9 Å². The fourth-order valence-corrected chi connectivity index (χ4v) is 3.16. The number of fused-ring (bicyclic) bond motifs is 1. The maximum atomic E-state index is 11.5. The molecule has 0 atom stereocenters. The molecule has 0 spiro atoms. The number of carbonyl (C=O) groups excluding carboxylic acids is 1. The molecule has 0 saturated heterocycles. The summed E-state index contributed by atoms with van der Waals surface area (Å²) >= 11 is 3.54. The number of benzene rings is 2. The first-order valence-electron chi connectivity index (χ1n) is 6.76. The largest absolute Gasteiger partial charge is 0.291 e. The molecule has 0 unspecified atom stereocenters. The summed E-state index contributed by atoms with van der Waals surface area (Å²) in [5, 5.41) is 0. The maximum absolute atomic E-state index is 11.5. The van der Waals surface area contributed by atoms with Gasteiger partial charge < -0.3 is 0 Å². The average molecular weight is 346 g/mol. The Labute approximate surface area is 132 Å². The van der Waals surface area contributed by atoms with Gasteiger partial charge in [0.25, 0.3) is 5.91 Å². The maximum Gasteiger partial charge on any atom is 0.265 e. The van der Waals surface area contributed by atoms with E-state index in [0.717, 1.165) is 29.7 Å². The quantitative estimate of drug-likeness (QED) is 0.510. The lowest BCUT2D eigenvalue weighted by Gasteiger charge is -2.16. The molecule has 0 saturated carbocycles. The Kier molecular flexibility index (Phi) is 4.05. The molecule has 3 N–H and O–H groups in total. The summed E-state index contributed by atoms with van der Waals surface area (Å²) in [6.07, 6.45) is 0. The third-order valence-electron chi connectivity index (χ3n) is 3.75. The van der Waals surface area contributed by atoms with Gasteiger partial charge in [0.15, 0.2) is 0 Å². The molecule has 0 aromatic heterocycles. The fraction of sp³-hybridized carbons (Fsp3) is 0.188. The molecule has 0 fully saturated rings. The number of hydrazine groups is 1. The van der Waals surface area contributed by atoms with Gasteiger partial charge in [-0.25, -0.2) is 5.84 Å². The Hall–Kier alpha value is -1.69. The molecular weight excluding hydrogens is 330 g/mol. The Balaban J connectivity index is 1.74. The van der Waals surface area contributed by atoms with Crippen molar-refractivity contribution in [1.82, 2.24) is 10.3 Å². The summed E-state index contributed by atoms with van der Waals surface area (Å²) in [6.45, 7) is 2.78. The molecule has 108 valence electrons. The number of carbonyl (C=O) groups is 1. The van der Waals surface area contributed by atoms with E-state index in [-0.39, 0.29) is 5.91 Å². The molecule has 4 nitrogen and oxygen atoms in total. The standard InChI is InChI=1S/C16H16BrN3O/c17-15-7-11(16(21)19-18)5-6-14(15)10-20-8-12-3-1-2-4-13(12)9-20/h1-7H,8-10,18H2,(H,19,21). The molecule has 2 aromatic carbocycles. The van der Waals surface area contributed by atoms with E-state index >= 15 is 0 Å². The topological polar surface area (TPSA) is 58.4 Å². The van der Waals surface area contributed by atoms with Gasteiger partial charge in [0, 0.05) is 29.7 Å². The van der Waals surface area contributed by atoms with E-state index in [1.165, 1.54) is 11.1 Å². The van der Waals surface area contributed by atoms with Crippen molar-refractivity contribution in [2.24, 2.45) is 5.84 Å². The van der Waals surface area contributed by atoms with Gasteiger partial charge >= 0.3 is 0 Å². The molecule has 1 aliphatic heterocycles. The van der Waals surface area contributed by atoms with Crippen LogP contribution in [0.1, 0.15) is 27.0 Å². The molecule has 21 heavy (non-hydrogen) atoms. The molecule has 1 aliphatic rings. The highest BCUT2D eigenvalue weighted by Gasteiger charge is 2.19. The van der Waals surface area contributed by atoms with Crippen LogP contribution >= 0.6 is 15.9 Å². The van der Waals surface area contributed by atoms with Crippen molar-refractivity contribution in [1.29, 1.82) is 0 Å². The lowest BCUT2D eigenvalue weighted by molar-refractivity contribution is 0.0953. The molecule has 5 heteroatoms. The van der Waals surface area contributed by atoms with Crippen LogP contribution in [-0.2, 0) is 19.6 Å². The lowest BCUT2D eigenvalue weighted by Crippen LogP contribution is -2.30. The van der Waals surface area contributed by atoms with Gasteiger partial charge in [-0.15, -0.1) is 0 Å². The van der Waals surface area contributed by atoms with Crippen molar-refractivity contribution < 1.29 is 4.79 Å². The highest BCUT2D eigenvalue weighted by atomic mass is 79.9. The number of nitrogens with one attached hydrogen (secondary N) is 1. The van der Waals surface area contributed by atoms with Crippen molar-refractivity contribution in [2.75, 3.05) is 0 Å². The van der Waals surface area contributed by atoms with Gasteiger partial charge in [0.2, 0.25) is 0 Å². The number of halogens is 1. The van der Waals surface area contributed by atoms with Gasteiger partial charge in [-0.1, -0.05) is 46.3 Å². The molecule has 0 bridgehead atoms. The highest BCUT2D eigenvalue weighted by Crippen LogP contribution is 2.26. The third kappa shape index (κ3) is 3.00. The van der Waals surface area contributed by atoms with Crippen molar-refractivity contribution in [3.8, 4) is 0 Å². The van der Waals surface area contributed by atoms with Crippen LogP contribution in [0, 0.1) is 0 Å². The van der Waals surface area contributed by atoms with E-state index in [1.807, 2.05) is 6.07 Å². The van der Waals surface area contributed by atoms with Gasteiger partial charge in [-0.05, 0) is 28.8 Å². The summed E-state index contributed by atoms with van der Waals surface area (Å²) in [5.74, 6) is 4.87. The van der Waals surface area contributed by atoms with E-state index in [4.69, 9.17) is 5.84 Å². The number of nitrogen functional groups attached to an aromatic ring is 1. The number of hydrogen-bond acceptors (Lipinski definition) is 3. The molecule has 0 aliphatic carbocycles. The van der Waals surface area contributed by atoms with Gasteiger partial charge in [-0.2, -0.15) is 0 Å². The van der Waals surface area contributed by atoms with Crippen molar-refractivity contribution in [2.45, 2.75) is 19.6 Å². The van der Waals surface area contributed by atoms with Crippen LogP contribution in [-0.4, -0.2) is 10.8 Å². The first-order chi connectivity index (χ1) is 10.2. The van der Waals surface area contributed by atoms with E-state index in [1.54, 1.807) is 12.1 Å². The third-order valence-corrected chi connectivity index (χ3v) is 4.48. The summed E-state index contributed by atoms with van der Waals surface area (Å²) in [6, 6.07) is 14.1. The second-order valence-corrected chi connectivity index (χ2v) is 6.05. The molecule has 2 aromatic rings. The normalized spacial score (nSPS) is 14.0. The first-order valence-corrected chi connectivity index (χ1v) is 7.55. The monoisotopic (exact) mass is 345 g/mol. The minimum Gasteiger partial charge on any atom is -0.291 e. The average Bonchev–Trinajstić information content (AvgIpc) is 2.90. The number of rotatable bonds is 3. The fourth-order valence-electron chi connectivity index (χ4n) is 2.66. The Bertz CT molecular complexity index is 662. The van der Waals surface area contributed by atoms with Crippen LogP contribution < -0.4 is 11.3 Å². The molecular formula is C16H16BrN3O. The van der Waals surface area contributed by atoms with Crippen molar-refractivity contribution in [3.63, 3.8) is 0 Å². The minimum absolute atomic E-state index is 0.282. The summed E-state index contributed by atoms with van der Waals surface area (Å²) in [5.41, 5.74) is 6.65. The summed E-state index contributed by atoms with van der Waals surface area (Å²) < 4.78 is 0.930. The number of amides is 1. The second kappa shape index (κ2) is 5.97. The predicted molar refractivity (Wildman–Crippen MR) is 85.2 cm³/mol. The van der Waals surface area contributed by atoms with Crippen LogP contribution in [0.5, 0.6) is 0 Å². The van der Waals surface area contributed by atoms with Gasteiger partial charge in [0.1, 0.15) is 0 Å². The Morgan fingerprint density at radius 1 is 1.19 bits per heavy atom. The summed E-state index contributed by atoms with van der Waals surface area (Å²) in [7, 11) is 0. The van der Waals surface area contributed by atoms with Crippen LogP contribution in [0.4, 0.5) is 0 Å². The molecule has 1 amide bonds. The van der Waals surface area contributed by atoms with Gasteiger partial charge in [0.05, 0.1) is 0 Å². The van der Waals surface area contributed by atoms with Crippen LogP contribution in [0.2, 0.25) is 0 Å². The van der Waals surface area contributed by atoms with Crippen molar-refractivity contribution in [3.05, 3.63) is 69.2 Å². The van der Waals surface area contributed by atoms with Crippen molar-refractivity contribution >= 4 is 21.8 Å². The van der Waals surface area contributed by atoms with E-state index < -0.39 is 0 Å². The number of nitrogens with zero attached hydrogens (tertiary/aromatic N) is 1. The minimum atomic E-state index is -0.282. The Morgan fingerprint density at radius 2 is 1.86 bits per heavy atom. The zero-order valence-electron chi connectivity index (χ0n) is 11.5. The van der Waals surface area contributed by atoms with Gasteiger partial charge in [-0.3, -0.25) is 15.1 Å². The predicted octanol–water partition coefficient (Wildman–Crippen LogP) is 2.57. The zero-order chi connectivity index (χ0) is 14.8. The van der Waals surface area contributed by atoms with E-state index in [2.05, 4.69) is 50.5 Å². The molecule has 3 rings (SSSR count). The summed E-state index contributed by atoms with van der Waals surface area (Å²) in [4.78, 5) is 13.9. The number of nitrogens with two attached hydrogens (primary N) is 1.